The molecule has 1 fully saturated rings. The topological polar surface area (TPSA) is 89.9 Å². The molecule has 1 rings (SSSR count). The minimum absolute atomic E-state index is 0.0133. The lowest BCUT2D eigenvalue weighted by atomic mass is 10.0. The number of carbonyl (C=O) groups excluding carboxylic acids is 1. The number of carbonyl (C=O) groups is 2. The standard InChI is InChI=1S/C11H20N2O4/c1-8(15)12-10(11(16)17)6-13-5-3-2-4-9(13)7-14/h9-10,14H,2-7H2,1H3,(H,12,15)(H,16,17). The van der Waals surface area contributed by atoms with E-state index in [0.29, 0.717) is 0 Å². The maximum Gasteiger partial charge on any atom is 0.327 e. The largest absolute Gasteiger partial charge is 0.480 e. The third-order valence-electron chi connectivity index (χ3n) is 3.05. The number of hydrogen-bond acceptors (Lipinski definition) is 4. The van der Waals surface area contributed by atoms with E-state index >= 15 is 0 Å². The van der Waals surface area contributed by atoms with Crippen LogP contribution in [-0.4, -0.2) is 58.8 Å². The van der Waals surface area contributed by atoms with Crippen molar-refractivity contribution in [2.24, 2.45) is 0 Å². The smallest absolute Gasteiger partial charge is 0.327 e. The Kier molecular flexibility index (Phi) is 5.37. The summed E-state index contributed by atoms with van der Waals surface area (Å²) in [5, 5.41) is 20.6. The van der Waals surface area contributed by atoms with Gasteiger partial charge in [0.25, 0.3) is 0 Å². The lowest BCUT2D eigenvalue weighted by molar-refractivity contribution is -0.142. The predicted octanol–water partition coefficient (Wildman–Crippen LogP) is -0.578. The average Bonchev–Trinajstić information content (AvgIpc) is 2.28. The van der Waals surface area contributed by atoms with E-state index in [9.17, 15) is 14.7 Å². The van der Waals surface area contributed by atoms with E-state index in [-0.39, 0.29) is 25.1 Å². The number of aliphatic hydroxyl groups is 1. The number of carboxylic acids is 1. The van der Waals surface area contributed by atoms with Gasteiger partial charge in [0.05, 0.1) is 6.61 Å². The van der Waals surface area contributed by atoms with Gasteiger partial charge in [-0.25, -0.2) is 4.79 Å². The summed E-state index contributed by atoms with van der Waals surface area (Å²) >= 11 is 0. The molecule has 0 aromatic heterocycles. The van der Waals surface area contributed by atoms with E-state index in [4.69, 9.17) is 5.11 Å². The number of piperidine rings is 1. The first-order chi connectivity index (χ1) is 8.04. The maximum absolute atomic E-state index is 11.0. The summed E-state index contributed by atoms with van der Waals surface area (Å²) in [7, 11) is 0. The quantitative estimate of drug-likeness (QED) is 0.602. The molecule has 98 valence electrons. The van der Waals surface area contributed by atoms with Crippen molar-refractivity contribution in [3.8, 4) is 0 Å². The Balaban J connectivity index is 2.57. The number of hydrogen-bond donors (Lipinski definition) is 3. The Labute approximate surface area is 101 Å². The van der Waals surface area contributed by atoms with Crippen molar-refractivity contribution in [3.63, 3.8) is 0 Å². The second kappa shape index (κ2) is 6.56. The van der Waals surface area contributed by atoms with Gasteiger partial charge in [-0.3, -0.25) is 9.69 Å². The molecule has 3 N–H and O–H groups in total. The Hall–Kier alpha value is -1.14. The molecule has 17 heavy (non-hydrogen) atoms. The van der Waals surface area contributed by atoms with Crippen molar-refractivity contribution >= 4 is 11.9 Å². The highest BCUT2D eigenvalue weighted by Gasteiger charge is 2.27. The highest BCUT2D eigenvalue weighted by Crippen LogP contribution is 2.16. The molecule has 0 saturated carbocycles. The fourth-order valence-corrected chi connectivity index (χ4v) is 2.17. The van der Waals surface area contributed by atoms with Gasteiger partial charge < -0.3 is 15.5 Å². The summed E-state index contributed by atoms with van der Waals surface area (Å²) in [6.45, 7) is 2.36. The van der Waals surface area contributed by atoms with Gasteiger partial charge in [-0.05, 0) is 19.4 Å². The van der Waals surface area contributed by atoms with Crippen LogP contribution in [0.5, 0.6) is 0 Å². The third kappa shape index (κ3) is 4.32. The van der Waals surface area contributed by atoms with Gasteiger partial charge in [0.1, 0.15) is 6.04 Å². The van der Waals surface area contributed by atoms with Gasteiger partial charge in [0.2, 0.25) is 5.91 Å². The van der Waals surface area contributed by atoms with E-state index in [2.05, 4.69) is 5.32 Å². The molecule has 2 unspecified atom stereocenters. The molecule has 0 aliphatic carbocycles. The minimum Gasteiger partial charge on any atom is -0.480 e. The molecular weight excluding hydrogens is 224 g/mol. The molecule has 0 radical (unpaired) electrons. The average molecular weight is 244 g/mol. The van der Waals surface area contributed by atoms with Crippen molar-refractivity contribution in [3.05, 3.63) is 0 Å². The van der Waals surface area contributed by atoms with Crippen LogP contribution in [0, 0.1) is 0 Å². The third-order valence-corrected chi connectivity index (χ3v) is 3.05. The van der Waals surface area contributed by atoms with Crippen molar-refractivity contribution in [2.75, 3.05) is 19.7 Å². The van der Waals surface area contributed by atoms with Gasteiger partial charge in [-0.15, -0.1) is 0 Å². The van der Waals surface area contributed by atoms with Gasteiger partial charge in [-0.2, -0.15) is 0 Å². The van der Waals surface area contributed by atoms with Crippen LogP contribution in [0.3, 0.4) is 0 Å². The molecule has 0 aromatic carbocycles. The number of nitrogens with one attached hydrogen (secondary N) is 1. The van der Waals surface area contributed by atoms with Gasteiger partial charge >= 0.3 is 5.97 Å². The fraction of sp³-hybridized carbons (Fsp3) is 0.818. The first kappa shape index (κ1) is 13.9. The number of amides is 1. The van der Waals surface area contributed by atoms with Crippen LogP contribution >= 0.6 is 0 Å². The molecular formula is C11H20N2O4. The number of aliphatic carboxylic acids is 1. The van der Waals surface area contributed by atoms with Crippen LogP contribution in [0.2, 0.25) is 0 Å². The molecule has 6 nitrogen and oxygen atoms in total. The van der Waals surface area contributed by atoms with E-state index in [1.165, 1.54) is 6.92 Å². The van der Waals surface area contributed by atoms with Crippen LogP contribution in [-0.2, 0) is 9.59 Å². The molecule has 1 aliphatic rings. The highest BCUT2D eigenvalue weighted by molar-refractivity contribution is 5.82. The second-order valence-corrected chi connectivity index (χ2v) is 4.42. The number of carboxylic acid groups (broad SMARTS) is 1. The van der Waals surface area contributed by atoms with Crippen LogP contribution in [0.4, 0.5) is 0 Å². The molecule has 1 amide bonds. The van der Waals surface area contributed by atoms with E-state index in [1.807, 2.05) is 4.90 Å². The van der Waals surface area contributed by atoms with Gasteiger partial charge in [0, 0.05) is 19.5 Å². The summed E-state index contributed by atoms with van der Waals surface area (Å²) in [6.07, 6.45) is 2.94. The summed E-state index contributed by atoms with van der Waals surface area (Å²) in [5.74, 6) is -1.39. The molecule has 0 spiro atoms. The zero-order valence-corrected chi connectivity index (χ0v) is 10.1. The monoisotopic (exact) mass is 244 g/mol. The highest BCUT2D eigenvalue weighted by atomic mass is 16.4. The normalized spacial score (nSPS) is 23.1. The SMILES string of the molecule is CC(=O)NC(CN1CCCCC1CO)C(=O)O. The molecule has 1 aliphatic heterocycles. The van der Waals surface area contributed by atoms with Gasteiger partial charge in [0.15, 0.2) is 0 Å². The number of rotatable bonds is 5. The Bertz CT molecular complexity index is 283. The van der Waals surface area contributed by atoms with Crippen molar-refractivity contribution in [1.29, 1.82) is 0 Å². The Morgan fingerprint density at radius 1 is 1.47 bits per heavy atom. The first-order valence-corrected chi connectivity index (χ1v) is 5.89. The predicted molar refractivity (Wildman–Crippen MR) is 61.5 cm³/mol. The molecule has 1 saturated heterocycles. The number of likely N-dealkylation sites (tertiary alicyclic amines) is 1. The maximum atomic E-state index is 11.0. The van der Waals surface area contributed by atoms with Crippen molar-refractivity contribution in [1.82, 2.24) is 10.2 Å². The first-order valence-electron chi connectivity index (χ1n) is 5.89. The molecule has 6 heteroatoms. The molecule has 0 bridgehead atoms. The van der Waals surface area contributed by atoms with E-state index in [0.717, 1.165) is 25.8 Å². The Morgan fingerprint density at radius 2 is 2.18 bits per heavy atom. The zero-order chi connectivity index (χ0) is 12.8. The number of nitrogens with zero attached hydrogens (tertiary/aromatic N) is 1. The second-order valence-electron chi connectivity index (χ2n) is 4.42. The molecule has 0 aromatic rings. The van der Waals surface area contributed by atoms with Crippen molar-refractivity contribution < 1.29 is 19.8 Å². The summed E-state index contributed by atoms with van der Waals surface area (Å²) < 4.78 is 0. The minimum atomic E-state index is -1.04. The van der Waals surface area contributed by atoms with Crippen molar-refractivity contribution in [2.45, 2.75) is 38.3 Å². The molecule has 2 atom stereocenters. The van der Waals surface area contributed by atoms with Crippen LogP contribution in [0.1, 0.15) is 26.2 Å². The Morgan fingerprint density at radius 3 is 2.71 bits per heavy atom. The lowest BCUT2D eigenvalue weighted by Gasteiger charge is -2.36. The molecule has 1 heterocycles. The fourth-order valence-electron chi connectivity index (χ4n) is 2.17. The van der Waals surface area contributed by atoms with Crippen LogP contribution in [0.15, 0.2) is 0 Å². The van der Waals surface area contributed by atoms with Crippen LogP contribution in [0.25, 0.3) is 0 Å². The summed E-state index contributed by atoms with van der Waals surface area (Å²) in [6, 6.07) is -0.890. The summed E-state index contributed by atoms with van der Waals surface area (Å²) in [4.78, 5) is 23.9. The van der Waals surface area contributed by atoms with Crippen LogP contribution < -0.4 is 5.32 Å². The zero-order valence-electron chi connectivity index (χ0n) is 10.1. The van der Waals surface area contributed by atoms with E-state index < -0.39 is 12.0 Å². The van der Waals surface area contributed by atoms with Gasteiger partial charge in [-0.1, -0.05) is 6.42 Å². The van der Waals surface area contributed by atoms with E-state index in [1.54, 1.807) is 0 Å². The summed E-state index contributed by atoms with van der Waals surface area (Å²) in [5.41, 5.74) is 0. The number of aliphatic hydroxyl groups excluding tert-OH is 1. The lowest BCUT2D eigenvalue weighted by Crippen LogP contribution is -2.52.